The predicted octanol–water partition coefficient (Wildman–Crippen LogP) is 3.69. The number of para-hydroxylation sites is 1. The van der Waals surface area contributed by atoms with Gasteiger partial charge >= 0.3 is 0 Å². The summed E-state index contributed by atoms with van der Waals surface area (Å²) in [6.07, 6.45) is 1.89. The molecular formula is C19H19N3O3S. The van der Waals surface area contributed by atoms with E-state index < -0.39 is 0 Å². The van der Waals surface area contributed by atoms with E-state index in [1.54, 1.807) is 7.11 Å². The van der Waals surface area contributed by atoms with E-state index in [2.05, 4.69) is 15.3 Å². The maximum absolute atomic E-state index is 12.3. The Kier molecular flexibility index (Phi) is 5.58. The second-order valence-electron chi connectivity index (χ2n) is 5.57. The third-order valence-electron chi connectivity index (χ3n) is 3.70. The van der Waals surface area contributed by atoms with Crippen molar-refractivity contribution in [3.63, 3.8) is 0 Å². The van der Waals surface area contributed by atoms with Gasteiger partial charge in [-0.3, -0.25) is 4.79 Å². The number of aryl methyl sites for hydroxylation is 1. The van der Waals surface area contributed by atoms with Gasteiger partial charge < -0.3 is 14.8 Å². The van der Waals surface area contributed by atoms with Crippen molar-refractivity contribution < 1.29 is 14.3 Å². The molecule has 7 heteroatoms. The molecule has 0 unspecified atom stereocenters. The van der Waals surface area contributed by atoms with Crippen LogP contribution in [0, 0.1) is 6.92 Å². The molecule has 0 radical (unpaired) electrons. The standard InChI is InChI=1S/C19H19N3O3S/c1-12-8-9-16(24-2)15(10-12)20-17(23)11-25-18-13-6-4-5-7-14(13)21-19(22-18)26-3/h4-10H,11H2,1-3H3,(H,20,23). The number of benzene rings is 2. The van der Waals surface area contributed by atoms with Crippen LogP contribution in [0.5, 0.6) is 11.6 Å². The molecule has 0 aliphatic carbocycles. The van der Waals surface area contributed by atoms with Crippen LogP contribution < -0.4 is 14.8 Å². The van der Waals surface area contributed by atoms with E-state index in [4.69, 9.17) is 9.47 Å². The average molecular weight is 369 g/mol. The van der Waals surface area contributed by atoms with Crippen LogP contribution in [-0.4, -0.2) is 35.8 Å². The Hall–Kier alpha value is -2.80. The smallest absolute Gasteiger partial charge is 0.262 e. The minimum atomic E-state index is -0.290. The van der Waals surface area contributed by atoms with Gasteiger partial charge in [0.25, 0.3) is 5.91 Å². The number of carbonyl (C=O) groups is 1. The molecule has 0 saturated carbocycles. The number of nitrogens with zero attached hydrogens (tertiary/aromatic N) is 2. The van der Waals surface area contributed by atoms with Crippen LogP contribution in [0.25, 0.3) is 10.9 Å². The molecule has 0 spiro atoms. The van der Waals surface area contributed by atoms with Crippen molar-refractivity contribution in [3.05, 3.63) is 48.0 Å². The number of hydrogen-bond acceptors (Lipinski definition) is 6. The van der Waals surface area contributed by atoms with Crippen LogP contribution in [0.15, 0.2) is 47.6 Å². The minimum Gasteiger partial charge on any atom is -0.495 e. The van der Waals surface area contributed by atoms with Gasteiger partial charge in [0, 0.05) is 0 Å². The molecular weight excluding hydrogens is 350 g/mol. The summed E-state index contributed by atoms with van der Waals surface area (Å²) in [4.78, 5) is 21.1. The number of ether oxygens (including phenoxy) is 2. The van der Waals surface area contributed by atoms with E-state index >= 15 is 0 Å². The monoisotopic (exact) mass is 369 g/mol. The van der Waals surface area contributed by atoms with E-state index in [0.29, 0.717) is 22.5 Å². The third-order valence-corrected chi connectivity index (χ3v) is 4.25. The Morgan fingerprint density at radius 1 is 1.19 bits per heavy atom. The molecule has 1 N–H and O–H groups in total. The topological polar surface area (TPSA) is 73.3 Å². The maximum atomic E-state index is 12.3. The first-order valence-electron chi connectivity index (χ1n) is 7.99. The highest BCUT2D eigenvalue weighted by molar-refractivity contribution is 7.98. The first-order valence-corrected chi connectivity index (χ1v) is 9.21. The van der Waals surface area contributed by atoms with Gasteiger partial charge in [0.1, 0.15) is 5.75 Å². The Bertz CT molecular complexity index is 946. The molecule has 0 atom stereocenters. The number of aromatic nitrogens is 2. The lowest BCUT2D eigenvalue weighted by atomic mass is 10.2. The van der Waals surface area contributed by atoms with Crippen molar-refractivity contribution in [2.45, 2.75) is 12.1 Å². The van der Waals surface area contributed by atoms with Crippen LogP contribution in [0.4, 0.5) is 5.69 Å². The first kappa shape index (κ1) is 18.0. The van der Waals surface area contributed by atoms with Gasteiger partial charge in [-0.05, 0) is 43.0 Å². The van der Waals surface area contributed by atoms with E-state index in [1.165, 1.54) is 11.8 Å². The van der Waals surface area contributed by atoms with Crippen LogP contribution in [0.2, 0.25) is 0 Å². The molecule has 26 heavy (non-hydrogen) atoms. The van der Waals surface area contributed by atoms with E-state index in [9.17, 15) is 4.79 Å². The quantitative estimate of drug-likeness (QED) is 0.528. The fraction of sp³-hybridized carbons (Fsp3) is 0.211. The molecule has 0 bridgehead atoms. The van der Waals surface area contributed by atoms with Gasteiger partial charge in [0.2, 0.25) is 5.88 Å². The summed E-state index contributed by atoms with van der Waals surface area (Å²) < 4.78 is 11.0. The lowest BCUT2D eigenvalue weighted by molar-refractivity contribution is -0.118. The van der Waals surface area contributed by atoms with Crippen molar-refractivity contribution in [2.75, 3.05) is 25.3 Å². The molecule has 6 nitrogen and oxygen atoms in total. The number of amides is 1. The fourth-order valence-corrected chi connectivity index (χ4v) is 2.83. The molecule has 1 aromatic heterocycles. The zero-order chi connectivity index (χ0) is 18.5. The molecule has 0 aliphatic rings. The Morgan fingerprint density at radius 3 is 2.77 bits per heavy atom. The number of nitrogens with one attached hydrogen (secondary N) is 1. The second-order valence-corrected chi connectivity index (χ2v) is 6.35. The van der Waals surface area contributed by atoms with Gasteiger partial charge in [-0.1, -0.05) is 30.0 Å². The average Bonchev–Trinajstić information content (AvgIpc) is 2.66. The SMILES string of the molecule is COc1ccc(C)cc1NC(=O)COc1nc(SC)nc2ccccc12. The highest BCUT2D eigenvalue weighted by atomic mass is 32.2. The minimum absolute atomic E-state index is 0.161. The number of hydrogen-bond donors (Lipinski definition) is 1. The van der Waals surface area contributed by atoms with Crippen molar-refractivity contribution in [1.82, 2.24) is 9.97 Å². The number of rotatable bonds is 6. The van der Waals surface area contributed by atoms with E-state index in [0.717, 1.165) is 16.5 Å². The maximum Gasteiger partial charge on any atom is 0.262 e. The highest BCUT2D eigenvalue weighted by Gasteiger charge is 2.12. The molecule has 3 aromatic rings. The second kappa shape index (κ2) is 8.05. The molecule has 0 saturated heterocycles. The number of methoxy groups -OCH3 is 1. The van der Waals surface area contributed by atoms with Gasteiger partial charge in [0.05, 0.1) is 23.7 Å². The van der Waals surface area contributed by atoms with Crippen LogP contribution in [-0.2, 0) is 4.79 Å². The summed E-state index contributed by atoms with van der Waals surface area (Å²) in [6, 6.07) is 13.1. The Balaban J connectivity index is 1.76. The lowest BCUT2D eigenvalue weighted by Gasteiger charge is -2.12. The number of fused-ring (bicyclic) bond motifs is 1. The predicted molar refractivity (Wildman–Crippen MR) is 103 cm³/mol. The van der Waals surface area contributed by atoms with Crippen LogP contribution in [0.1, 0.15) is 5.56 Å². The lowest BCUT2D eigenvalue weighted by Crippen LogP contribution is -2.21. The normalized spacial score (nSPS) is 10.6. The van der Waals surface area contributed by atoms with Crippen molar-refractivity contribution in [3.8, 4) is 11.6 Å². The highest BCUT2D eigenvalue weighted by Crippen LogP contribution is 2.26. The molecule has 0 fully saturated rings. The summed E-state index contributed by atoms with van der Waals surface area (Å²) in [5.74, 6) is 0.703. The van der Waals surface area contributed by atoms with Crippen LogP contribution >= 0.6 is 11.8 Å². The van der Waals surface area contributed by atoms with Gasteiger partial charge in [-0.25, -0.2) is 4.98 Å². The molecule has 1 heterocycles. The Labute approximate surface area is 155 Å². The molecule has 2 aromatic carbocycles. The Morgan fingerprint density at radius 2 is 2.00 bits per heavy atom. The zero-order valence-corrected chi connectivity index (χ0v) is 15.6. The molecule has 0 aliphatic heterocycles. The third kappa shape index (κ3) is 4.05. The van der Waals surface area contributed by atoms with Gasteiger partial charge in [0.15, 0.2) is 11.8 Å². The van der Waals surface area contributed by atoms with Crippen LogP contribution in [0.3, 0.4) is 0 Å². The molecule has 134 valence electrons. The van der Waals surface area contributed by atoms with Crippen molar-refractivity contribution in [2.24, 2.45) is 0 Å². The molecule has 3 rings (SSSR count). The fourth-order valence-electron chi connectivity index (χ4n) is 2.47. The number of thioether (sulfide) groups is 1. The van der Waals surface area contributed by atoms with E-state index in [1.807, 2.05) is 55.6 Å². The van der Waals surface area contributed by atoms with Gasteiger partial charge in [-0.2, -0.15) is 4.98 Å². The van der Waals surface area contributed by atoms with E-state index in [-0.39, 0.29) is 12.5 Å². The van der Waals surface area contributed by atoms with Crippen molar-refractivity contribution >= 4 is 34.3 Å². The number of carbonyl (C=O) groups excluding carboxylic acids is 1. The summed E-state index contributed by atoms with van der Waals surface area (Å²) in [6.45, 7) is 1.79. The summed E-state index contributed by atoms with van der Waals surface area (Å²) in [7, 11) is 1.56. The molecule has 1 amide bonds. The zero-order valence-electron chi connectivity index (χ0n) is 14.8. The first-order chi connectivity index (χ1) is 12.6. The summed E-state index contributed by atoms with van der Waals surface area (Å²) in [5, 5.41) is 4.18. The largest absolute Gasteiger partial charge is 0.495 e. The van der Waals surface area contributed by atoms with Crippen molar-refractivity contribution in [1.29, 1.82) is 0 Å². The summed E-state index contributed by atoms with van der Waals surface area (Å²) in [5.41, 5.74) is 2.41. The summed E-state index contributed by atoms with van der Waals surface area (Å²) >= 11 is 1.42. The van der Waals surface area contributed by atoms with Gasteiger partial charge in [-0.15, -0.1) is 0 Å². The number of anilines is 1.